The zero-order chi connectivity index (χ0) is 28.1. The first kappa shape index (κ1) is 27.8. The summed E-state index contributed by atoms with van der Waals surface area (Å²) < 4.78 is 10.8. The minimum Gasteiger partial charge on any atom is -0.497 e. The average molecular weight is 578 g/mol. The quantitative estimate of drug-likeness (QED) is 0.277. The van der Waals surface area contributed by atoms with Gasteiger partial charge in [-0.3, -0.25) is 19.5 Å². The maximum absolute atomic E-state index is 13.5. The molecule has 2 aromatic carbocycles. The third-order valence-corrected chi connectivity index (χ3v) is 9.11. The van der Waals surface area contributed by atoms with Crippen LogP contribution in [-0.2, 0) is 38.8 Å². The highest BCUT2D eigenvalue weighted by molar-refractivity contribution is 8.06. The van der Waals surface area contributed by atoms with Crippen LogP contribution in [0, 0.1) is 0 Å². The van der Waals surface area contributed by atoms with Crippen LogP contribution in [0.15, 0.2) is 88.6 Å². The molecule has 9 nitrogen and oxygen atoms in total. The van der Waals surface area contributed by atoms with E-state index in [1.165, 1.54) is 28.4 Å². The van der Waals surface area contributed by atoms with E-state index in [-0.39, 0.29) is 37.1 Å². The Bertz CT molecular complexity index is 1430. The second kappa shape index (κ2) is 12.6. The van der Waals surface area contributed by atoms with Gasteiger partial charge in [0.2, 0.25) is 5.91 Å². The predicted octanol–water partition coefficient (Wildman–Crippen LogP) is 3.27. The molecule has 0 spiro atoms. The Morgan fingerprint density at radius 1 is 1.12 bits per heavy atom. The second-order valence-corrected chi connectivity index (χ2v) is 11.3. The van der Waals surface area contributed by atoms with Crippen molar-refractivity contribution in [2.75, 3.05) is 12.9 Å². The number of benzene rings is 2. The first-order valence-electron chi connectivity index (χ1n) is 12.5. The smallest absolute Gasteiger partial charge is 0.356 e. The van der Waals surface area contributed by atoms with Gasteiger partial charge in [0.1, 0.15) is 29.5 Å². The molecule has 0 bridgehead atoms. The van der Waals surface area contributed by atoms with Crippen molar-refractivity contribution in [2.45, 2.75) is 35.9 Å². The zero-order valence-electron chi connectivity index (χ0n) is 21.6. The summed E-state index contributed by atoms with van der Waals surface area (Å²) in [5.41, 5.74) is 2.38. The molecule has 1 aromatic heterocycles. The Balaban J connectivity index is 1.36. The minimum atomic E-state index is -0.744. The number of β-lactam (4-membered cyclic amide) rings is 1. The molecule has 206 valence electrons. The van der Waals surface area contributed by atoms with E-state index in [4.69, 9.17) is 9.47 Å². The van der Waals surface area contributed by atoms with Crippen LogP contribution < -0.4 is 10.1 Å². The van der Waals surface area contributed by atoms with Gasteiger partial charge in [-0.15, -0.1) is 11.8 Å². The van der Waals surface area contributed by atoms with Gasteiger partial charge in [-0.1, -0.05) is 54.2 Å². The standard InChI is InChI=1S/C29H27N3O6S2/c1-37-21-9-7-19(8-10-21)16-38-29(36)26-23(40-22-11-12-30-14-20(22)15-33)17-39-28-25(27(35)32(26)28)31-24(34)13-18-5-3-2-4-6-18/h2-12,14,25,28,33H,13,15-17H2,1H3,(H,31,34)/t25-,28-/m1/s1. The first-order chi connectivity index (χ1) is 19.5. The molecule has 2 aliphatic heterocycles. The van der Waals surface area contributed by atoms with Crippen LogP contribution in [-0.4, -0.2) is 57.1 Å². The number of carbonyl (C=O) groups is 3. The summed E-state index contributed by atoms with van der Waals surface area (Å²) in [6.07, 6.45) is 3.33. The van der Waals surface area contributed by atoms with E-state index in [2.05, 4.69) is 10.3 Å². The summed E-state index contributed by atoms with van der Waals surface area (Å²) in [5.74, 6) is -0.158. The van der Waals surface area contributed by atoms with E-state index in [1.54, 1.807) is 49.8 Å². The van der Waals surface area contributed by atoms with Crippen LogP contribution in [0.2, 0.25) is 0 Å². The number of methoxy groups -OCH3 is 1. The van der Waals surface area contributed by atoms with E-state index >= 15 is 0 Å². The molecular formula is C29H27N3O6S2. The Kier molecular flexibility index (Phi) is 8.73. The van der Waals surface area contributed by atoms with Crippen molar-refractivity contribution in [3.63, 3.8) is 0 Å². The summed E-state index contributed by atoms with van der Waals surface area (Å²) in [6.45, 7) is -0.201. The van der Waals surface area contributed by atoms with Gasteiger partial charge in [-0.05, 0) is 29.3 Å². The number of nitrogens with one attached hydrogen (secondary N) is 1. The lowest BCUT2D eigenvalue weighted by molar-refractivity contribution is -0.153. The third kappa shape index (κ3) is 6.01. The van der Waals surface area contributed by atoms with Crippen LogP contribution in [0.5, 0.6) is 5.75 Å². The number of pyridine rings is 1. The molecule has 0 unspecified atom stereocenters. The van der Waals surface area contributed by atoms with Crippen LogP contribution >= 0.6 is 23.5 Å². The summed E-state index contributed by atoms with van der Waals surface area (Å²) in [4.78, 5) is 46.4. The Hall–Kier alpha value is -3.80. The van der Waals surface area contributed by atoms with Gasteiger partial charge >= 0.3 is 5.97 Å². The summed E-state index contributed by atoms with van der Waals surface area (Å²) >= 11 is 2.76. The highest BCUT2D eigenvalue weighted by Crippen LogP contribution is 2.46. The fraction of sp³-hybridized carbons (Fsp3) is 0.241. The van der Waals surface area contributed by atoms with Gasteiger partial charge in [0.25, 0.3) is 5.91 Å². The number of amides is 2. The van der Waals surface area contributed by atoms with Crippen LogP contribution in [0.4, 0.5) is 0 Å². The van der Waals surface area contributed by atoms with E-state index in [0.717, 1.165) is 16.0 Å². The SMILES string of the molecule is COc1ccc(COC(=O)C2=C(Sc3ccncc3CO)CS[C@@H]3[C@H](NC(=O)Cc4ccccc4)C(=O)N23)cc1. The van der Waals surface area contributed by atoms with Crippen molar-refractivity contribution in [1.82, 2.24) is 15.2 Å². The number of hydrogen-bond donors (Lipinski definition) is 2. The summed E-state index contributed by atoms with van der Waals surface area (Å²) in [6, 6.07) is 17.5. The summed E-state index contributed by atoms with van der Waals surface area (Å²) in [5, 5.41) is 12.2. The number of rotatable bonds is 10. The highest BCUT2D eigenvalue weighted by atomic mass is 32.2. The number of aliphatic hydroxyl groups excluding tert-OH is 1. The molecule has 2 aliphatic rings. The molecule has 40 heavy (non-hydrogen) atoms. The molecule has 1 fully saturated rings. The number of esters is 1. The third-order valence-electron chi connectivity index (χ3n) is 6.44. The molecular weight excluding hydrogens is 550 g/mol. The number of nitrogens with zero attached hydrogens (tertiary/aromatic N) is 2. The number of hydrogen-bond acceptors (Lipinski definition) is 9. The molecule has 2 amide bonds. The normalized spacial score (nSPS) is 18.1. The van der Waals surface area contributed by atoms with Crippen molar-refractivity contribution in [2.24, 2.45) is 0 Å². The average Bonchev–Trinajstić information content (AvgIpc) is 2.99. The number of carbonyl (C=O) groups excluding carboxylic acids is 3. The molecule has 0 saturated carbocycles. The number of aromatic nitrogens is 1. The minimum absolute atomic E-state index is 0.0124. The molecule has 3 heterocycles. The van der Waals surface area contributed by atoms with Gasteiger partial charge in [0, 0.05) is 33.5 Å². The predicted molar refractivity (Wildman–Crippen MR) is 151 cm³/mol. The van der Waals surface area contributed by atoms with E-state index in [1.807, 2.05) is 30.3 Å². The van der Waals surface area contributed by atoms with Gasteiger partial charge in [0.15, 0.2) is 0 Å². The van der Waals surface area contributed by atoms with Gasteiger partial charge in [-0.2, -0.15) is 0 Å². The lowest BCUT2D eigenvalue weighted by atomic mass is 10.0. The molecule has 0 radical (unpaired) electrons. The summed E-state index contributed by atoms with van der Waals surface area (Å²) in [7, 11) is 1.57. The lowest BCUT2D eigenvalue weighted by Crippen LogP contribution is -2.70. The van der Waals surface area contributed by atoms with Gasteiger partial charge in [0.05, 0.1) is 20.1 Å². The van der Waals surface area contributed by atoms with Crippen molar-refractivity contribution in [3.8, 4) is 5.75 Å². The van der Waals surface area contributed by atoms with Crippen LogP contribution in [0.25, 0.3) is 0 Å². The largest absolute Gasteiger partial charge is 0.497 e. The van der Waals surface area contributed by atoms with Crippen molar-refractivity contribution in [1.29, 1.82) is 0 Å². The van der Waals surface area contributed by atoms with E-state index < -0.39 is 17.4 Å². The number of aliphatic hydroxyl groups is 1. The molecule has 2 atom stereocenters. The molecule has 1 saturated heterocycles. The Morgan fingerprint density at radius 2 is 1.90 bits per heavy atom. The molecule has 0 aliphatic carbocycles. The Morgan fingerprint density at radius 3 is 2.62 bits per heavy atom. The Labute approximate surface area is 240 Å². The number of thioether (sulfide) groups is 2. The maximum atomic E-state index is 13.5. The van der Waals surface area contributed by atoms with E-state index in [9.17, 15) is 19.5 Å². The number of ether oxygens (including phenoxy) is 2. The molecule has 11 heteroatoms. The van der Waals surface area contributed by atoms with E-state index in [0.29, 0.717) is 22.0 Å². The van der Waals surface area contributed by atoms with Crippen molar-refractivity contribution < 1.29 is 29.0 Å². The maximum Gasteiger partial charge on any atom is 0.356 e. The fourth-order valence-corrected chi connectivity index (χ4v) is 6.92. The van der Waals surface area contributed by atoms with Crippen molar-refractivity contribution >= 4 is 41.3 Å². The van der Waals surface area contributed by atoms with Gasteiger partial charge in [-0.25, -0.2) is 4.79 Å². The van der Waals surface area contributed by atoms with Crippen LogP contribution in [0.1, 0.15) is 16.7 Å². The fourth-order valence-electron chi connectivity index (χ4n) is 4.37. The van der Waals surface area contributed by atoms with Gasteiger partial charge < -0.3 is 19.9 Å². The molecule has 5 rings (SSSR count). The topological polar surface area (TPSA) is 118 Å². The zero-order valence-corrected chi connectivity index (χ0v) is 23.2. The molecule has 3 aromatic rings. The van der Waals surface area contributed by atoms with Crippen LogP contribution in [0.3, 0.4) is 0 Å². The number of fused-ring (bicyclic) bond motifs is 1. The lowest BCUT2D eigenvalue weighted by Gasteiger charge is -2.49. The van der Waals surface area contributed by atoms with Crippen molar-refractivity contribution in [3.05, 3.63) is 100 Å². The molecule has 2 N–H and O–H groups in total. The highest BCUT2D eigenvalue weighted by Gasteiger charge is 2.54. The second-order valence-electron chi connectivity index (χ2n) is 9.06. The first-order valence-corrected chi connectivity index (χ1v) is 14.4. The monoisotopic (exact) mass is 577 g/mol.